The number of nitrogens with one attached hydrogen (secondary N) is 1. The van der Waals surface area contributed by atoms with Crippen LogP contribution in [0.2, 0.25) is 0 Å². The minimum Gasteiger partial charge on any atom is -0.459 e. The summed E-state index contributed by atoms with van der Waals surface area (Å²) in [5, 5.41) is 3.11. The summed E-state index contributed by atoms with van der Waals surface area (Å²) in [7, 11) is 0. The average molecular weight is 185 g/mol. The Labute approximate surface area is 77.6 Å². The molecule has 0 aromatic carbocycles. The third-order valence-electron chi connectivity index (χ3n) is 2.30. The van der Waals surface area contributed by atoms with Gasteiger partial charge in [-0.1, -0.05) is 0 Å². The van der Waals surface area contributed by atoms with E-state index in [2.05, 4.69) is 5.32 Å². The molecule has 1 N–H and O–H groups in total. The van der Waals surface area contributed by atoms with Crippen LogP contribution in [0.15, 0.2) is 0 Å². The van der Waals surface area contributed by atoms with Crippen molar-refractivity contribution in [2.24, 2.45) is 0 Å². The quantitative estimate of drug-likeness (QED) is 0.630. The smallest absolute Gasteiger partial charge is 0.320 e. The van der Waals surface area contributed by atoms with Gasteiger partial charge in [0.05, 0.1) is 19.8 Å². The van der Waals surface area contributed by atoms with Gasteiger partial charge in [-0.3, -0.25) is 4.79 Å². The van der Waals surface area contributed by atoms with E-state index in [1.54, 1.807) is 0 Å². The zero-order valence-electron chi connectivity index (χ0n) is 7.62. The molecule has 0 amide bonds. The Hall–Kier alpha value is -0.610. The van der Waals surface area contributed by atoms with Crippen molar-refractivity contribution >= 4 is 5.97 Å². The Balaban J connectivity index is 1.59. The first-order valence-corrected chi connectivity index (χ1v) is 4.85. The van der Waals surface area contributed by atoms with Gasteiger partial charge in [-0.05, 0) is 12.8 Å². The zero-order chi connectivity index (χ0) is 9.10. The van der Waals surface area contributed by atoms with Gasteiger partial charge in [0.1, 0.15) is 6.10 Å². The van der Waals surface area contributed by atoms with Crippen LogP contribution in [0.4, 0.5) is 0 Å². The second-order valence-corrected chi connectivity index (χ2v) is 3.63. The largest absolute Gasteiger partial charge is 0.459 e. The van der Waals surface area contributed by atoms with E-state index in [4.69, 9.17) is 9.47 Å². The Morgan fingerprint density at radius 1 is 1.46 bits per heavy atom. The van der Waals surface area contributed by atoms with Crippen molar-refractivity contribution in [3.8, 4) is 0 Å². The van der Waals surface area contributed by atoms with Gasteiger partial charge in [-0.25, -0.2) is 0 Å². The molecule has 0 bridgehead atoms. The van der Waals surface area contributed by atoms with Gasteiger partial charge >= 0.3 is 5.97 Å². The minimum absolute atomic E-state index is 0.00602. The third kappa shape index (κ3) is 2.97. The molecule has 0 radical (unpaired) electrons. The number of hydrogen-bond acceptors (Lipinski definition) is 4. The Kier molecular flexibility index (Phi) is 2.80. The van der Waals surface area contributed by atoms with Gasteiger partial charge in [0.25, 0.3) is 0 Å². The number of carbonyl (C=O) groups is 1. The van der Waals surface area contributed by atoms with E-state index >= 15 is 0 Å². The van der Waals surface area contributed by atoms with Crippen LogP contribution >= 0.6 is 0 Å². The molecule has 1 saturated heterocycles. The molecule has 0 aromatic heterocycles. The molecule has 0 spiro atoms. The standard InChI is InChI=1S/C9H15NO3/c11-9(5-10-7-1-2-7)13-8-3-4-12-6-8/h7-8,10H,1-6H2. The van der Waals surface area contributed by atoms with Gasteiger partial charge in [-0.2, -0.15) is 0 Å². The first kappa shape index (κ1) is 8.97. The van der Waals surface area contributed by atoms with E-state index in [1.807, 2.05) is 0 Å². The normalized spacial score (nSPS) is 27.5. The van der Waals surface area contributed by atoms with Gasteiger partial charge in [0.2, 0.25) is 0 Å². The summed E-state index contributed by atoms with van der Waals surface area (Å²) >= 11 is 0. The number of hydrogen-bond donors (Lipinski definition) is 1. The second-order valence-electron chi connectivity index (χ2n) is 3.63. The molecule has 2 fully saturated rings. The molecular formula is C9H15NO3. The summed E-state index contributed by atoms with van der Waals surface area (Å²) in [6.45, 7) is 1.63. The van der Waals surface area contributed by atoms with E-state index < -0.39 is 0 Å². The highest BCUT2D eigenvalue weighted by atomic mass is 16.6. The molecule has 1 aliphatic heterocycles. The molecule has 2 rings (SSSR count). The minimum atomic E-state index is -0.151. The molecule has 1 heterocycles. The molecular weight excluding hydrogens is 170 g/mol. The summed E-state index contributed by atoms with van der Waals surface area (Å²) in [6.07, 6.45) is 3.22. The number of rotatable bonds is 4. The lowest BCUT2D eigenvalue weighted by atomic mass is 10.3. The second kappa shape index (κ2) is 4.07. The van der Waals surface area contributed by atoms with E-state index in [0.717, 1.165) is 6.42 Å². The van der Waals surface area contributed by atoms with Crippen LogP contribution in [0.3, 0.4) is 0 Å². The van der Waals surface area contributed by atoms with Gasteiger partial charge < -0.3 is 14.8 Å². The van der Waals surface area contributed by atoms with Crippen LogP contribution in [0, 0.1) is 0 Å². The number of ether oxygens (including phenoxy) is 2. The maximum atomic E-state index is 11.2. The fourth-order valence-corrected chi connectivity index (χ4v) is 1.35. The molecule has 1 atom stereocenters. The molecule has 0 aromatic rings. The maximum absolute atomic E-state index is 11.2. The Morgan fingerprint density at radius 2 is 2.31 bits per heavy atom. The van der Waals surface area contributed by atoms with Gasteiger partial charge in [0, 0.05) is 12.5 Å². The van der Waals surface area contributed by atoms with Crippen LogP contribution in [-0.4, -0.2) is 37.9 Å². The molecule has 1 aliphatic carbocycles. The van der Waals surface area contributed by atoms with Crippen LogP contribution in [0.1, 0.15) is 19.3 Å². The highest BCUT2D eigenvalue weighted by Crippen LogP contribution is 2.18. The fraction of sp³-hybridized carbons (Fsp3) is 0.889. The summed E-state index contributed by atoms with van der Waals surface area (Å²) < 4.78 is 10.3. The van der Waals surface area contributed by atoms with E-state index in [1.165, 1.54) is 12.8 Å². The summed E-state index contributed by atoms with van der Waals surface area (Å²) in [5.74, 6) is -0.151. The summed E-state index contributed by atoms with van der Waals surface area (Å²) in [4.78, 5) is 11.2. The lowest BCUT2D eigenvalue weighted by Gasteiger charge is -2.09. The van der Waals surface area contributed by atoms with Crippen molar-refractivity contribution in [3.63, 3.8) is 0 Å². The van der Waals surface area contributed by atoms with E-state index in [0.29, 0.717) is 25.8 Å². The van der Waals surface area contributed by atoms with E-state index in [-0.39, 0.29) is 12.1 Å². The third-order valence-corrected chi connectivity index (χ3v) is 2.30. The lowest BCUT2D eigenvalue weighted by molar-refractivity contribution is -0.147. The Morgan fingerprint density at radius 3 is 2.92 bits per heavy atom. The van der Waals surface area contributed by atoms with Crippen LogP contribution in [0.25, 0.3) is 0 Å². The summed E-state index contributed by atoms with van der Waals surface area (Å²) in [6, 6.07) is 0.562. The van der Waals surface area contributed by atoms with Gasteiger partial charge in [-0.15, -0.1) is 0 Å². The molecule has 4 nitrogen and oxygen atoms in total. The van der Waals surface area contributed by atoms with Crippen molar-refractivity contribution in [2.75, 3.05) is 19.8 Å². The fourth-order valence-electron chi connectivity index (χ4n) is 1.35. The van der Waals surface area contributed by atoms with Crippen molar-refractivity contribution in [3.05, 3.63) is 0 Å². The highest BCUT2D eigenvalue weighted by Gasteiger charge is 2.23. The molecule has 1 unspecified atom stereocenters. The number of esters is 1. The maximum Gasteiger partial charge on any atom is 0.320 e. The van der Waals surface area contributed by atoms with Crippen LogP contribution < -0.4 is 5.32 Å². The highest BCUT2D eigenvalue weighted by molar-refractivity contribution is 5.71. The van der Waals surface area contributed by atoms with Crippen LogP contribution in [-0.2, 0) is 14.3 Å². The van der Waals surface area contributed by atoms with Crippen molar-refractivity contribution < 1.29 is 14.3 Å². The Bertz CT molecular complexity index is 185. The average Bonchev–Trinajstić information content (AvgIpc) is 2.82. The van der Waals surface area contributed by atoms with Crippen molar-refractivity contribution in [1.29, 1.82) is 0 Å². The topological polar surface area (TPSA) is 47.6 Å². The zero-order valence-corrected chi connectivity index (χ0v) is 7.62. The van der Waals surface area contributed by atoms with Gasteiger partial charge in [0.15, 0.2) is 0 Å². The monoisotopic (exact) mass is 185 g/mol. The first-order valence-electron chi connectivity index (χ1n) is 4.85. The molecule has 2 aliphatic rings. The molecule has 1 saturated carbocycles. The predicted octanol–water partition coefficient (Wildman–Crippen LogP) is 0.0705. The van der Waals surface area contributed by atoms with Crippen LogP contribution in [0.5, 0.6) is 0 Å². The van der Waals surface area contributed by atoms with Crippen molar-refractivity contribution in [2.45, 2.75) is 31.4 Å². The SMILES string of the molecule is O=C(CNC1CC1)OC1CCOC1. The molecule has 13 heavy (non-hydrogen) atoms. The number of carbonyl (C=O) groups excluding carboxylic acids is 1. The van der Waals surface area contributed by atoms with E-state index in [9.17, 15) is 4.79 Å². The first-order chi connectivity index (χ1) is 6.34. The van der Waals surface area contributed by atoms with Crippen molar-refractivity contribution in [1.82, 2.24) is 5.32 Å². The molecule has 74 valence electrons. The predicted molar refractivity (Wildman–Crippen MR) is 46.3 cm³/mol. The summed E-state index contributed by atoms with van der Waals surface area (Å²) in [5.41, 5.74) is 0. The molecule has 4 heteroatoms. The lowest BCUT2D eigenvalue weighted by Crippen LogP contribution is -2.29.